The van der Waals surface area contributed by atoms with Crippen molar-refractivity contribution in [2.75, 3.05) is 33.7 Å². The van der Waals surface area contributed by atoms with Crippen LogP contribution in [0.25, 0.3) is 0 Å². The van der Waals surface area contributed by atoms with E-state index in [1.807, 2.05) is 7.05 Å². The smallest absolute Gasteiger partial charge is 0.0104 e. The Labute approximate surface area is 77.3 Å². The van der Waals surface area contributed by atoms with Crippen LogP contribution in [0.15, 0.2) is 0 Å². The molecule has 2 nitrogen and oxygen atoms in total. The van der Waals surface area contributed by atoms with Crippen LogP contribution in [-0.4, -0.2) is 38.6 Å². The average molecular weight is 172 g/mol. The quantitative estimate of drug-likeness (QED) is 0.654. The van der Waals surface area contributed by atoms with Crippen LogP contribution >= 0.6 is 0 Å². The van der Waals surface area contributed by atoms with Gasteiger partial charge >= 0.3 is 0 Å². The molecule has 0 heterocycles. The van der Waals surface area contributed by atoms with E-state index in [9.17, 15) is 0 Å². The fourth-order valence-corrected chi connectivity index (χ4v) is 1.22. The zero-order chi connectivity index (χ0) is 9.61. The molecule has 0 unspecified atom stereocenters. The zero-order valence-corrected chi connectivity index (χ0v) is 9.28. The summed E-state index contributed by atoms with van der Waals surface area (Å²) in [5.74, 6) is 0. The molecule has 0 amide bonds. The molecule has 0 radical (unpaired) electrons. The third-order valence-electron chi connectivity index (χ3n) is 2.40. The third kappa shape index (κ3) is 5.56. The van der Waals surface area contributed by atoms with Crippen LogP contribution in [0.2, 0.25) is 0 Å². The maximum Gasteiger partial charge on any atom is 0.0104 e. The normalized spacial score (nSPS) is 12.5. The molecule has 0 saturated heterocycles. The van der Waals surface area contributed by atoms with Crippen molar-refractivity contribution in [3.63, 3.8) is 0 Å². The molecular weight excluding hydrogens is 148 g/mol. The van der Waals surface area contributed by atoms with E-state index in [2.05, 4.69) is 38.0 Å². The second kappa shape index (κ2) is 5.55. The lowest BCUT2D eigenvalue weighted by atomic mass is 9.90. The van der Waals surface area contributed by atoms with E-state index in [0.29, 0.717) is 5.41 Å². The molecule has 0 aliphatic heterocycles. The van der Waals surface area contributed by atoms with Crippen LogP contribution in [-0.2, 0) is 0 Å². The van der Waals surface area contributed by atoms with Gasteiger partial charge < -0.3 is 10.2 Å². The van der Waals surface area contributed by atoms with Gasteiger partial charge in [0.15, 0.2) is 0 Å². The maximum atomic E-state index is 3.16. The Morgan fingerprint density at radius 3 is 2.33 bits per heavy atom. The second-order valence-electron chi connectivity index (χ2n) is 4.36. The predicted octanol–water partition coefficient (Wildman–Crippen LogP) is 1.57. The minimum Gasteiger partial charge on any atom is -0.318 e. The maximum absolute atomic E-state index is 3.16. The molecule has 0 fully saturated rings. The number of nitrogens with zero attached hydrogens (tertiary/aromatic N) is 1. The highest BCUT2D eigenvalue weighted by atomic mass is 15.1. The van der Waals surface area contributed by atoms with Crippen LogP contribution in [0, 0.1) is 5.41 Å². The van der Waals surface area contributed by atoms with E-state index in [0.717, 1.165) is 13.1 Å². The molecule has 0 aromatic rings. The van der Waals surface area contributed by atoms with Crippen LogP contribution in [0.3, 0.4) is 0 Å². The van der Waals surface area contributed by atoms with Crippen molar-refractivity contribution in [1.82, 2.24) is 10.2 Å². The Balaban J connectivity index is 3.60. The number of hydrogen-bond acceptors (Lipinski definition) is 2. The van der Waals surface area contributed by atoms with E-state index in [1.165, 1.54) is 13.0 Å². The van der Waals surface area contributed by atoms with E-state index >= 15 is 0 Å². The van der Waals surface area contributed by atoms with Gasteiger partial charge in [0.25, 0.3) is 0 Å². The molecule has 1 N–H and O–H groups in total. The van der Waals surface area contributed by atoms with Crippen LogP contribution < -0.4 is 5.32 Å². The summed E-state index contributed by atoms with van der Waals surface area (Å²) in [5.41, 5.74) is 0.461. The summed E-state index contributed by atoms with van der Waals surface area (Å²) in [6.07, 6.45) is 1.25. The van der Waals surface area contributed by atoms with Gasteiger partial charge in [-0.3, -0.25) is 0 Å². The van der Waals surface area contributed by atoms with Crippen molar-refractivity contribution < 1.29 is 0 Å². The molecule has 0 bridgehead atoms. The average Bonchev–Trinajstić information content (AvgIpc) is 2.00. The number of nitrogens with one attached hydrogen (secondary N) is 1. The van der Waals surface area contributed by atoms with Gasteiger partial charge in [0, 0.05) is 19.6 Å². The number of hydrogen-bond donors (Lipinski definition) is 1. The van der Waals surface area contributed by atoms with Gasteiger partial charge in [0.2, 0.25) is 0 Å². The molecule has 12 heavy (non-hydrogen) atoms. The van der Waals surface area contributed by atoms with Crippen molar-refractivity contribution in [2.24, 2.45) is 5.41 Å². The molecule has 2 heteroatoms. The second-order valence-corrected chi connectivity index (χ2v) is 4.36. The molecule has 0 aromatic carbocycles. The van der Waals surface area contributed by atoms with Gasteiger partial charge in [0.1, 0.15) is 0 Å². The Kier molecular flexibility index (Phi) is 5.51. The SMILES string of the molecule is CCC(C)(C)CN(C)CCNC. The highest BCUT2D eigenvalue weighted by Gasteiger charge is 2.16. The number of likely N-dealkylation sites (N-methyl/N-ethyl adjacent to an activating group) is 2. The van der Waals surface area contributed by atoms with Crippen LogP contribution in [0.5, 0.6) is 0 Å². The first kappa shape index (κ1) is 11.9. The van der Waals surface area contributed by atoms with Crippen molar-refractivity contribution in [1.29, 1.82) is 0 Å². The van der Waals surface area contributed by atoms with Gasteiger partial charge in [0.05, 0.1) is 0 Å². The van der Waals surface area contributed by atoms with Crippen molar-refractivity contribution >= 4 is 0 Å². The highest BCUT2D eigenvalue weighted by Crippen LogP contribution is 2.19. The summed E-state index contributed by atoms with van der Waals surface area (Å²) in [6, 6.07) is 0. The molecule has 0 saturated carbocycles. The monoisotopic (exact) mass is 172 g/mol. The first-order valence-corrected chi connectivity index (χ1v) is 4.85. The van der Waals surface area contributed by atoms with E-state index in [-0.39, 0.29) is 0 Å². The van der Waals surface area contributed by atoms with Gasteiger partial charge in [-0.1, -0.05) is 20.8 Å². The lowest BCUT2D eigenvalue weighted by Gasteiger charge is -2.29. The van der Waals surface area contributed by atoms with Crippen LogP contribution in [0.1, 0.15) is 27.2 Å². The lowest BCUT2D eigenvalue weighted by molar-refractivity contribution is 0.205. The van der Waals surface area contributed by atoms with E-state index in [4.69, 9.17) is 0 Å². The minimum atomic E-state index is 0.461. The molecule has 0 aromatic heterocycles. The summed E-state index contributed by atoms with van der Waals surface area (Å²) < 4.78 is 0. The molecule has 74 valence electrons. The minimum absolute atomic E-state index is 0.461. The van der Waals surface area contributed by atoms with Crippen molar-refractivity contribution in [2.45, 2.75) is 27.2 Å². The molecule has 0 rings (SSSR count). The molecule has 0 atom stereocenters. The van der Waals surface area contributed by atoms with Gasteiger partial charge in [-0.05, 0) is 25.9 Å². The van der Waals surface area contributed by atoms with Gasteiger partial charge in [-0.15, -0.1) is 0 Å². The predicted molar refractivity (Wildman–Crippen MR) is 55.5 cm³/mol. The molecular formula is C10H24N2. The van der Waals surface area contributed by atoms with Crippen LogP contribution in [0.4, 0.5) is 0 Å². The molecule has 0 spiro atoms. The van der Waals surface area contributed by atoms with E-state index in [1.54, 1.807) is 0 Å². The summed E-state index contributed by atoms with van der Waals surface area (Å²) in [4.78, 5) is 2.39. The Bertz CT molecular complexity index is 110. The summed E-state index contributed by atoms with van der Waals surface area (Å²) in [6.45, 7) is 10.3. The molecule has 0 aliphatic rings. The fraction of sp³-hybridized carbons (Fsp3) is 1.00. The highest BCUT2D eigenvalue weighted by molar-refractivity contribution is 4.70. The van der Waals surface area contributed by atoms with Crippen molar-refractivity contribution in [3.8, 4) is 0 Å². The van der Waals surface area contributed by atoms with Gasteiger partial charge in [-0.2, -0.15) is 0 Å². The molecule has 0 aliphatic carbocycles. The Hall–Kier alpha value is -0.0800. The largest absolute Gasteiger partial charge is 0.318 e. The standard InChI is InChI=1S/C10H24N2/c1-6-10(2,3)9-12(5)8-7-11-4/h11H,6-9H2,1-5H3. The first-order chi connectivity index (χ1) is 5.52. The van der Waals surface area contributed by atoms with Gasteiger partial charge in [-0.25, -0.2) is 0 Å². The van der Waals surface area contributed by atoms with E-state index < -0.39 is 0 Å². The summed E-state index contributed by atoms with van der Waals surface area (Å²) in [7, 11) is 4.19. The Morgan fingerprint density at radius 1 is 1.33 bits per heavy atom. The number of rotatable bonds is 6. The zero-order valence-electron chi connectivity index (χ0n) is 9.28. The summed E-state index contributed by atoms with van der Waals surface area (Å²) in [5, 5.41) is 3.16. The first-order valence-electron chi connectivity index (χ1n) is 4.85. The fourth-order valence-electron chi connectivity index (χ4n) is 1.22. The summed E-state index contributed by atoms with van der Waals surface area (Å²) >= 11 is 0. The Morgan fingerprint density at radius 2 is 1.92 bits per heavy atom. The topological polar surface area (TPSA) is 15.3 Å². The lowest BCUT2D eigenvalue weighted by Crippen LogP contribution is -2.35. The third-order valence-corrected chi connectivity index (χ3v) is 2.40. The van der Waals surface area contributed by atoms with Crippen molar-refractivity contribution in [3.05, 3.63) is 0 Å².